The van der Waals surface area contributed by atoms with Crippen LogP contribution in [-0.4, -0.2) is 17.0 Å². The SMILES string of the molecule is O=C(NCc1ccc(C(=O)O)o1)c1cc(F)cc(F)c1. The molecule has 1 heterocycles. The number of carboxylic acid groups (broad SMARTS) is 1. The van der Waals surface area contributed by atoms with Gasteiger partial charge < -0.3 is 14.8 Å². The number of amides is 1. The molecule has 0 aliphatic carbocycles. The van der Waals surface area contributed by atoms with E-state index in [-0.39, 0.29) is 23.6 Å². The lowest BCUT2D eigenvalue weighted by Gasteiger charge is -2.03. The number of benzene rings is 1. The molecule has 0 radical (unpaired) electrons. The first kappa shape index (κ1) is 13.7. The summed E-state index contributed by atoms with van der Waals surface area (Å²) in [5.74, 6) is -3.69. The highest BCUT2D eigenvalue weighted by atomic mass is 19.1. The van der Waals surface area contributed by atoms with Crippen molar-refractivity contribution in [2.75, 3.05) is 0 Å². The molecule has 7 heteroatoms. The van der Waals surface area contributed by atoms with Crippen molar-refractivity contribution < 1.29 is 27.9 Å². The first-order chi connectivity index (χ1) is 9.45. The molecule has 0 atom stereocenters. The molecule has 2 rings (SSSR count). The molecule has 0 aliphatic heterocycles. The predicted octanol–water partition coefficient (Wildman–Crippen LogP) is 2.19. The molecule has 0 unspecified atom stereocenters. The number of furan rings is 1. The second-order valence-corrected chi connectivity index (χ2v) is 3.91. The Morgan fingerprint density at radius 2 is 1.80 bits per heavy atom. The molecule has 2 N–H and O–H groups in total. The van der Waals surface area contributed by atoms with Crippen LogP contribution in [0.3, 0.4) is 0 Å². The largest absolute Gasteiger partial charge is 0.475 e. The first-order valence-electron chi connectivity index (χ1n) is 5.52. The highest BCUT2D eigenvalue weighted by Gasteiger charge is 2.12. The van der Waals surface area contributed by atoms with Gasteiger partial charge in [0.2, 0.25) is 5.76 Å². The van der Waals surface area contributed by atoms with Crippen LogP contribution < -0.4 is 5.32 Å². The lowest BCUT2D eigenvalue weighted by Crippen LogP contribution is -2.22. The molecule has 0 spiro atoms. The van der Waals surface area contributed by atoms with E-state index in [9.17, 15) is 18.4 Å². The van der Waals surface area contributed by atoms with E-state index < -0.39 is 23.5 Å². The number of carbonyl (C=O) groups excluding carboxylic acids is 1. The van der Waals surface area contributed by atoms with E-state index in [1.807, 2.05) is 0 Å². The topological polar surface area (TPSA) is 79.5 Å². The summed E-state index contributed by atoms with van der Waals surface area (Å²) in [6.07, 6.45) is 0. The van der Waals surface area contributed by atoms with Crippen molar-refractivity contribution in [1.82, 2.24) is 5.32 Å². The van der Waals surface area contributed by atoms with Crippen LogP contribution in [0.15, 0.2) is 34.7 Å². The van der Waals surface area contributed by atoms with Gasteiger partial charge in [-0.15, -0.1) is 0 Å². The van der Waals surface area contributed by atoms with Gasteiger partial charge in [0.1, 0.15) is 17.4 Å². The third-order valence-electron chi connectivity index (χ3n) is 2.42. The molecule has 1 amide bonds. The minimum atomic E-state index is -1.23. The number of carboxylic acids is 1. The molecule has 1 aromatic carbocycles. The predicted molar refractivity (Wildman–Crippen MR) is 63.2 cm³/mol. The van der Waals surface area contributed by atoms with Crippen molar-refractivity contribution in [2.45, 2.75) is 6.54 Å². The molecular formula is C13H9F2NO4. The van der Waals surface area contributed by atoms with E-state index in [1.54, 1.807) is 0 Å². The maximum absolute atomic E-state index is 12.9. The fourth-order valence-corrected chi connectivity index (χ4v) is 1.54. The third kappa shape index (κ3) is 3.19. The summed E-state index contributed by atoms with van der Waals surface area (Å²) in [7, 11) is 0. The van der Waals surface area contributed by atoms with Crippen LogP contribution in [0, 0.1) is 11.6 Å². The number of carbonyl (C=O) groups is 2. The zero-order chi connectivity index (χ0) is 14.7. The molecule has 2 aromatic rings. The highest BCUT2D eigenvalue weighted by molar-refractivity contribution is 5.94. The molecule has 5 nitrogen and oxygen atoms in total. The quantitative estimate of drug-likeness (QED) is 0.900. The minimum absolute atomic E-state index is 0.0930. The molecular weight excluding hydrogens is 272 g/mol. The van der Waals surface area contributed by atoms with Crippen molar-refractivity contribution in [2.24, 2.45) is 0 Å². The van der Waals surface area contributed by atoms with Crippen molar-refractivity contribution in [3.8, 4) is 0 Å². The Morgan fingerprint density at radius 3 is 2.35 bits per heavy atom. The number of aromatic carboxylic acids is 1. The van der Waals surface area contributed by atoms with Gasteiger partial charge in [0.25, 0.3) is 5.91 Å². The van der Waals surface area contributed by atoms with Gasteiger partial charge in [-0.1, -0.05) is 0 Å². The van der Waals surface area contributed by atoms with E-state index in [0.717, 1.165) is 12.1 Å². The van der Waals surface area contributed by atoms with Crippen molar-refractivity contribution in [1.29, 1.82) is 0 Å². The van der Waals surface area contributed by atoms with Crippen molar-refractivity contribution >= 4 is 11.9 Å². The van der Waals surface area contributed by atoms with Gasteiger partial charge >= 0.3 is 5.97 Å². The lowest BCUT2D eigenvalue weighted by molar-refractivity contribution is 0.0660. The second-order valence-electron chi connectivity index (χ2n) is 3.91. The number of hydrogen-bond donors (Lipinski definition) is 2. The molecule has 20 heavy (non-hydrogen) atoms. The third-order valence-corrected chi connectivity index (χ3v) is 2.42. The van der Waals surface area contributed by atoms with Gasteiger partial charge in [0.05, 0.1) is 6.54 Å². The molecule has 0 aliphatic rings. The van der Waals surface area contributed by atoms with E-state index in [1.165, 1.54) is 12.1 Å². The van der Waals surface area contributed by atoms with Gasteiger partial charge in [0.15, 0.2) is 0 Å². The standard InChI is InChI=1S/C13H9F2NO4/c14-8-3-7(4-9(15)5-8)12(17)16-6-10-1-2-11(20-10)13(18)19/h1-5H,6H2,(H,16,17)(H,18,19). The fourth-order valence-electron chi connectivity index (χ4n) is 1.54. The summed E-state index contributed by atoms with van der Waals surface area (Å²) in [5.41, 5.74) is -0.174. The van der Waals surface area contributed by atoms with E-state index in [2.05, 4.69) is 5.32 Å². The highest BCUT2D eigenvalue weighted by Crippen LogP contribution is 2.10. The van der Waals surface area contributed by atoms with E-state index >= 15 is 0 Å². The van der Waals surface area contributed by atoms with Gasteiger partial charge in [-0.3, -0.25) is 4.79 Å². The smallest absolute Gasteiger partial charge is 0.371 e. The zero-order valence-electron chi connectivity index (χ0n) is 10.0. The summed E-state index contributed by atoms with van der Waals surface area (Å²) in [4.78, 5) is 22.2. The maximum Gasteiger partial charge on any atom is 0.371 e. The summed E-state index contributed by atoms with van der Waals surface area (Å²) >= 11 is 0. The van der Waals surface area contributed by atoms with Crippen LogP contribution in [-0.2, 0) is 6.54 Å². The van der Waals surface area contributed by atoms with Gasteiger partial charge in [-0.2, -0.15) is 0 Å². The Morgan fingerprint density at radius 1 is 1.15 bits per heavy atom. The van der Waals surface area contributed by atoms with Gasteiger partial charge in [-0.25, -0.2) is 13.6 Å². The van der Waals surface area contributed by atoms with Crippen LogP contribution >= 0.6 is 0 Å². The average molecular weight is 281 g/mol. The molecule has 104 valence electrons. The van der Waals surface area contributed by atoms with Gasteiger partial charge in [-0.05, 0) is 24.3 Å². The van der Waals surface area contributed by atoms with Crippen LogP contribution in [0.25, 0.3) is 0 Å². The lowest BCUT2D eigenvalue weighted by atomic mass is 10.2. The van der Waals surface area contributed by atoms with Crippen LogP contribution in [0.4, 0.5) is 8.78 Å². The van der Waals surface area contributed by atoms with Crippen LogP contribution in [0.5, 0.6) is 0 Å². The first-order valence-corrected chi connectivity index (χ1v) is 5.52. The second kappa shape index (κ2) is 5.52. The Hall–Kier alpha value is -2.70. The molecule has 0 bridgehead atoms. The summed E-state index contributed by atoms with van der Waals surface area (Å²) in [6, 6.07) is 5.07. The summed E-state index contributed by atoms with van der Waals surface area (Å²) < 4.78 is 30.8. The van der Waals surface area contributed by atoms with Crippen LogP contribution in [0.2, 0.25) is 0 Å². The average Bonchev–Trinajstić information content (AvgIpc) is 2.83. The van der Waals surface area contributed by atoms with E-state index in [4.69, 9.17) is 9.52 Å². The number of nitrogens with one attached hydrogen (secondary N) is 1. The number of halogens is 2. The monoisotopic (exact) mass is 281 g/mol. The fraction of sp³-hybridized carbons (Fsp3) is 0.0769. The van der Waals surface area contributed by atoms with Crippen LogP contribution in [0.1, 0.15) is 26.7 Å². The molecule has 0 saturated heterocycles. The van der Waals surface area contributed by atoms with E-state index in [0.29, 0.717) is 6.07 Å². The minimum Gasteiger partial charge on any atom is -0.475 e. The van der Waals surface area contributed by atoms with Crippen molar-refractivity contribution in [3.05, 3.63) is 59.1 Å². The zero-order valence-corrected chi connectivity index (χ0v) is 10.0. The number of rotatable bonds is 4. The Kier molecular flexibility index (Phi) is 3.79. The Labute approximate surface area is 111 Å². The molecule has 1 aromatic heterocycles. The molecule has 0 fully saturated rings. The van der Waals surface area contributed by atoms with Crippen molar-refractivity contribution in [3.63, 3.8) is 0 Å². The summed E-state index contributed by atoms with van der Waals surface area (Å²) in [6.45, 7) is -0.0930. The normalized spacial score (nSPS) is 10.3. The number of hydrogen-bond acceptors (Lipinski definition) is 3. The van der Waals surface area contributed by atoms with Gasteiger partial charge in [0, 0.05) is 11.6 Å². The Bertz CT molecular complexity index is 646. The summed E-state index contributed by atoms with van der Waals surface area (Å²) in [5, 5.41) is 11.0. The Balaban J connectivity index is 2.02. The maximum atomic E-state index is 12.9. The molecule has 0 saturated carbocycles.